The first-order valence-electron chi connectivity index (χ1n) is 12.1. The maximum absolute atomic E-state index is 13.3. The topological polar surface area (TPSA) is 134 Å². The number of Topliss-reactive ketones (excluding diaryl/α,β-unsaturated/α-hetero) is 1. The number of fused-ring (bicyclic) bond motifs is 1. The predicted octanol–water partition coefficient (Wildman–Crippen LogP) is 5.55. The summed E-state index contributed by atoms with van der Waals surface area (Å²) in [6, 6.07) is 19.5. The number of phenolic OH excluding ortho intramolecular Hbond substituents is 1. The van der Waals surface area contributed by atoms with Crippen molar-refractivity contribution in [1.29, 1.82) is 0 Å². The summed E-state index contributed by atoms with van der Waals surface area (Å²) in [5.41, 5.74) is 3.19. The monoisotopic (exact) mass is 553 g/mol. The number of carbonyl (C=O) groups is 4. The van der Waals surface area contributed by atoms with E-state index in [0.29, 0.717) is 54.8 Å². The number of hydrogen-bond acceptors (Lipinski definition) is 8. The molecule has 3 aromatic carbocycles. The molecule has 9 nitrogen and oxygen atoms in total. The van der Waals surface area contributed by atoms with Crippen LogP contribution >= 0.6 is 11.3 Å². The second-order valence-corrected chi connectivity index (χ2v) is 9.97. The normalized spacial score (nSPS) is 12.9. The summed E-state index contributed by atoms with van der Waals surface area (Å²) < 4.78 is 5.04. The Morgan fingerprint density at radius 3 is 2.42 bits per heavy atom. The highest BCUT2D eigenvalue weighted by atomic mass is 32.1. The average Bonchev–Trinajstić information content (AvgIpc) is 3.56. The first-order chi connectivity index (χ1) is 19.2. The molecule has 2 heterocycles. The second-order valence-electron chi connectivity index (χ2n) is 8.89. The van der Waals surface area contributed by atoms with Gasteiger partial charge in [-0.05, 0) is 49.4 Å². The molecule has 5 rings (SSSR count). The van der Waals surface area contributed by atoms with E-state index < -0.39 is 0 Å². The number of aromatic hydroxyl groups is 1. The van der Waals surface area contributed by atoms with Crippen LogP contribution in [0.25, 0.3) is 5.57 Å². The van der Waals surface area contributed by atoms with Crippen molar-refractivity contribution in [3.05, 3.63) is 105 Å². The van der Waals surface area contributed by atoms with Crippen LogP contribution in [0.2, 0.25) is 0 Å². The quantitative estimate of drug-likeness (QED) is 0.166. The van der Waals surface area contributed by atoms with Crippen LogP contribution in [0, 0.1) is 0 Å². The highest BCUT2D eigenvalue weighted by Gasteiger charge is 2.25. The number of carbonyl (C=O) groups excluding carboxylic acids is 4. The van der Waals surface area contributed by atoms with Gasteiger partial charge in [0.1, 0.15) is 0 Å². The molecule has 1 aliphatic heterocycles. The molecule has 10 heteroatoms. The summed E-state index contributed by atoms with van der Waals surface area (Å²) in [5, 5.41) is 18.5. The highest BCUT2D eigenvalue weighted by molar-refractivity contribution is 7.16. The van der Waals surface area contributed by atoms with Crippen LogP contribution in [-0.4, -0.2) is 35.6 Å². The number of methoxy groups -OCH3 is 1. The average molecular weight is 554 g/mol. The van der Waals surface area contributed by atoms with Gasteiger partial charge in [-0.15, -0.1) is 11.3 Å². The number of thiophene rings is 1. The van der Waals surface area contributed by atoms with Crippen molar-refractivity contribution in [2.75, 3.05) is 23.1 Å². The molecule has 0 unspecified atom stereocenters. The van der Waals surface area contributed by atoms with Gasteiger partial charge in [0.25, 0.3) is 11.8 Å². The lowest BCUT2D eigenvalue weighted by Crippen LogP contribution is -2.11. The van der Waals surface area contributed by atoms with Crippen LogP contribution in [-0.2, 0) is 4.79 Å². The van der Waals surface area contributed by atoms with Crippen molar-refractivity contribution >= 4 is 57.4 Å². The van der Waals surface area contributed by atoms with Gasteiger partial charge in [-0.2, -0.15) is 0 Å². The van der Waals surface area contributed by atoms with E-state index in [1.165, 1.54) is 26.3 Å². The van der Waals surface area contributed by atoms with E-state index >= 15 is 0 Å². The highest BCUT2D eigenvalue weighted by Crippen LogP contribution is 2.34. The number of anilines is 3. The van der Waals surface area contributed by atoms with Crippen LogP contribution in [0.5, 0.6) is 11.5 Å². The Bertz CT molecular complexity index is 1720. The number of phenols is 1. The maximum Gasteiger partial charge on any atom is 0.265 e. The van der Waals surface area contributed by atoms with Crippen molar-refractivity contribution in [2.45, 2.75) is 6.92 Å². The molecule has 0 aliphatic carbocycles. The van der Waals surface area contributed by atoms with Crippen molar-refractivity contribution in [3.63, 3.8) is 0 Å². The molecule has 0 atom stereocenters. The molecule has 0 spiro atoms. The molecule has 200 valence electrons. The standard InChI is InChI=1S/C30H23N3O6S/c1-16(34)26-10-11-27(40-26)30(38)32-20-5-3-4-17(12-20)28(36)18-6-8-21-22(29(37)33-23(21)13-18)15-31-19-7-9-25(39-2)24(35)14-19/h3-15,31,35H,1-2H3,(H,32,38)(H,33,37)/b22-15+. The van der Waals surface area contributed by atoms with Gasteiger partial charge in [-0.3, -0.25) is 19.2 Å². The van der Waals surface area contributed by atoms with E-state index in [0.717, 1.165) is 11.3 Å². The van der Waals surface area contributed by atoms with Gasteiger partial charge in [0, 0.05) is 46.0 Å². The number of nitrogens with one attached hydrogen (secondary N) is 3. The first-order valence-corrected chi connectivity index (χ1v) is 12.9. The molecule has 4 aromatic rings. The molecule has 2 amide bonds. The molecule has 0 fully saturated rings. The van der Waals surface area contributed by atoms with E-state index in [1.807, 2.05) is 0 Å². The van der Waals surface area contributed by atoms with Crippen molar-refractivity contribution in [3.8, 4) is 11.5 Å². The number of rotatable bonds is 8. The minimum absolute atomic E-state index is 0.0393. The fraction of sp³-hybridized carbons (Fsp3) is 0.0667. The SMILES string of the molecule is COc1ccc(N/C=C2/C(=O)Nc3cc(C(=O)c4cccc(NC(=O)c5ccc(C(C)=O)s5)c4)ccc32)cc1O. The zero-order valence-corrected chi connectivity index (χ0v) is 22.2. The molecule has 1 aliphatic rings. The van der Waals surface area contributed by atoms with Crippen molar-refractivity contribution in [1.82, 2.24) is 0 Å². The van der Waals surface area contributed by atoms with Gasteiger partial charge in [-0.25, -0.2) is 0 Å². The Kier molecular flexibility index (Phi) is 7.17. The maximum atomic E-state index is 13.3. The fourth-order valence-corrected chi connectivity index (χ4v) is 4.96. The molecule has 0 bridgehead atoms. The molecule has 0 radical (unpaired) electrons. The van der Waals surface area contributed by atoms with E-state index in [-0.39, 0.29) is 29.1 Å². The minimum Gasteiger partial charge on any atom is -0.504 e. The van der Waals surface area contributed by atoms with Gasteiger partial charge in [0.2, 0.25) is 0 Å². The molecule has 0 saturated heterocycles. The Morgan fingerprint density at radius 1 is 0.925 bits per heavy atom. The lowest BCUT2D eigenvalue weighted by molar-refractivity contribution is -0.110. The van der Waals surface area contributed by atoms with Gasteiger partial charge < -0.3 is 25.8 Å². The van der Waals surface area contributed by atoms with Gasteiger partial charge in [0.05, 0.1) is 22.4 Å². The number of hydrogen-bond donors (Lipinski definition) is 4. The predicted molar refractivity (Wildman–Crippen MR) is 153 cm³/mol. The zero-order chi connectivity index (χ0) is 28.4. The Balaban J connectivity index is 1.32. The summed E-state index contributed by atoms with van der Waals surface area (Å²) in [7, 11) is 1.45. The van der Waals surface area contributed by atoms with Crippen LogP contribution in [0.1, 0.15) is 47.8 Å². The first kappa shape index (κ1) is 26.4. The lowest BCUT2D eigenvalue weighted by Gasteiger charge is -2.08. The summed E-state index contributed by atoms with van der Waals surface area (Å²) in [6.45, 7) is 1.44. The number of ketones is 2. The fourth-order valence-electron chi connectivity index (χ4n) is 4.16. The van der Waals surface area contributed by atoms with E-state index in [1.54, 1.807) is 66.7 Å². The number of ether oxygens (including phenoxy) is 1. The third-order valence-electron chi connectivity index (χ3n) is 6.19. The van der Waals surface area contributed by atoms with Crippen molar-refractivity contribution < 1.29 is 29.0 Å². The van der Waals surface area contributed by atoms with Crippen LogP contribution < -0.4 is 20.7 Å². The summed E-state index contributed by atoms with van der Waals surface area (Å²) in [6.07, 6.45) is 1.53. The van der Waals surface area contributed by atoms with Crippen molar-refractivity contribution in [2.24, 2.45) is 0 Å². The van der Waals surface area contributed by atoms with E-state index in [2.05, 4.69) is 16.0 Å². The van der Waals surface area contributed by atoms with Crippen LogP contribution in [0.15, 0.2) is 79.0 Å². The zero-order valence-electron chi connectivity index (χ0n) is 21.4. The third kappa shape index (κ3) is 5.33. The molecular formula is C30H23N3O6S. The third-order valence-corrected chi connectivity index (χ3v) is 7.37. The van der Waals surface area contributed by atoms with Crippen LogP contribution in [0.4, 0.5) is 17.1 Å². The number of amides is 2. The summed E-state index contributed by atoms with van der Waals surface area (Å²) in [4.78, 5) is 50.9. The number of benzene rings is 3. The van der Waals surface area contributed by atoms with E-state index in [4.69, 9.17) is 4.74 Å². The Labute approximate surface area is 233 Å². The Hall–Kier alpha value is -5.22. The lowest BCUT2D eigenvalue weighted by atomic mass is 9.99. The van der Waals surface area contributed by atoms with Gasteiger partial charge >= 0.3 is 0 Å². The molecule has 4 N–H and O–H groups in total. The van der Waals surface area contributed by atoms with Gasteiger partial charge in [0.15, 0.2) is 23.1 Å². The molecular weight excluding hydrogens is 530 g/mol. The molecule has 1 aromatic heterocycles. The summed E-state index contributed by atoms with van der Waals surface area (Å²) >= 11 is 1.10. The molecule has 40 heavy (non-hydrogen) atoms. The Morgan fingerprint density at radius 2 is 1.70 bits per heavy atom. The molecule has 0 saturated carbocycles. The minimum atomic E-state index is -0.375. The smallest absolute Gasteiger partial charge is 0.265 e. The summed E-state index contributed by atoms with van der Waals surface area (Å²) in [5.74, 6) is -0.817. The van der Waals surface area contributed by atoms with Crippen LogP contribution in [0.3, 0.4) is 0 Å². The largest absolute Gasteiger partial charge is 0.504 e. The van der Waals surface area contributed by atoms with Gasteiger partial charge in [-0.1, -0.05) is 24.3 Å². The second kappa shape index (κ2) is 10.9. The van der Waals surface area contributed by atoms with E-state index in [9.17, 15) is 24.3 Å².